The predicted molar refractivity (Wildman–Crippen MR) is 96.4 cm³/mol. The molecule has 10 nitrogen and oxygen atoms in total. The summed E-state index contributed by atoms with van der Waals surface area (Å²) < 4.78 is 26.2. The molecule has 3 aliphatic rings. The van der Waals surface area contributed by atoms with Gasteiger partial charge in [-0.3, -0.25) is 19.1 Å². The third-order valence-electron chi connectivity index (χ3n) is 5.38. The molecule has 0 bridgehead atoms. The maximum atomic E-state index is 12.8. The van der Waals surface area contributed by atoms with Gasteiger partial charge in [0.05, 0.1) is 11.8 Å². The topological polar surface area (TPSA) is 165 Å². The summed E-state index contributed by atoms with van der Waals surface area (Å²) in [6.45, 7) is 3.59. The highest BCUT2D eigenvalue weighted by Gasteiger charge is 2.61. The highest BCUT2D eigenvalue weighted by molar-refractivity contribution is 7.91. The van der Waals surface area contributed by atoms with Crippen molar-refractivity contribution >= 4 is 27.7 Å². The second kappa shape index (κ2) is 6.88. The molecule has 3 fully saturated rings. The van der Waals surface area contributed by atoms with Crippen LogP contribution >= 0.6 is 0 Å². The zero-order valence-electron chi connectivity index (χ0n) is 14.9. The van der Waals surface area contributed by atoms with Crippen LogP contribution in [0.1, 0.15) is 25.7 Å². The first kappa shape index (κ1) is 19.8. The van der Waals surface area contributed by atoms with Crippen LogP contribution in [0.25, 0.3) is 0 Å². The number of sulfonamides is 1. The van der Waals surface area contributed by atoms with E-state index in [1.807, 2.05) is 0 Å². The van der Waals surface area contributed by atoms with E-state index in [9.17, 15) is 22.8 Å². The summed E-state index contributed by atoms with van der Waals surface area (Å²) in [6, 6.07) is -1.21. The van der Waals surface area contributed by atoms with Crippen molar-refractivity contribution in [2.75, 3.05) is 13.1 Å². The van der Waals surface area contributed by atoms with Crippen molar-refractivity contribution in [1.29, 1.82) is 0 Å². The Morgan fingerprint density at radius 3 is 2.48 bits per heavy atom. The highest BCUT2D eigenvalue weighted by Crippen LogP contribution is 2.45. The van der Waals surface area contributed by atoms with E-state index in [1.54, 1.807) is 0 Å². The Hall–Kier alpha value is -1.98. The van der Waals surface area contributed by atoms with Gasteiger partial charge in [-0.05, 0) is 25.7 Å². The van der Waals surface area contributed by atoms with Gasteiger partial charge in [0.2, 0.25) is 21.8 Å². The molecule has 0 aromatic carbocycles. The summed E-state index contributed by atoms with van der Waals surface area (Å²) in [4.78, 5) is 38.7. The fraction of sp³-hybridized carbons (Fsp3) is 0.688. The number of rotatable bonds is 7. The zero-order chi connectivity index (χ0) is 20.0. The molecule has 4 atom stereocenters. The Balaban J connectivity index is 1.74. The maximum absolute atomic E-state index is 12.8. The van der Waals surface area contributed by atoms with Gasteiger partial charge in [0.25, 0.3) is 5.91 Å². The van der Waals surface area contributed by atoms with Crippen LogP contribution in [0.3, 0.4) is 0 Å². The number of amides is 3. The second-order valence-corrected chi connectivity index (χ2v) is 9.41. The van der Waals surface area contributed by atoms with Gasteiger partial charge in [-0.2, -0.15) is 0 Å². The summed E-state index contributed by atoms with van der Waals surface area (Å²) in [5.74, 6) is -2.11. The summed E-state index contributed by atoms with van der Waals surface area (Å²) in [6.07, 6.45) is 3.03. The summed E-state index contributed by atoms with van der Waals surface area (Å²) in [7, 11) is -3.74. The van der Waals surface area contributed by atoms with Crippen LogP contribution < -0.4 is 21.5 Å². The first-order valence-corrected chi connectivity index (χ1v) is 10.4. The van der Waals surface area contributed by atoms with Crippen molar-refractivity contribution in [3.63, 3.8) is 0 Å². The van der Waals surface area contributed by atoms with Crippen molar-refractivity contribution in [1.82, 2.24) is 14.9 Å². The third kappa shape index (κ3) is 3.71. The lowest BCUT2D eigenvalue weighted by molar-refractivity contribution is -0.138. The van der Waals surface area contributed by atoms with E-state index >= 15 is 0 Å². The van der Waals surface area contributed by atoms with E-state index in [-0.39, 0.29) is 37.9 Å². The van der Waals surface area contributed by atoms with Crippen LogP contribution in [-0.2, 0) is 24.4 Å². The summed E-state index contributed by atoms with van der Waals surface area (Å²) >= 11 is 0. The number of nitrogens with zero attached hydrogens (tertiary/aromatic N) is 1. The quantitative estimate of drug-likeness (QED) is 0.345. The van der Waals surface area contributed by atoms with Crippen LogP contribution in [0.15, 0.2) is 12.7 Å². The number of hydrogen-bond donors (Lipinski definition) is 4. The molecule has 2 aliphatic carbocycles. The van der Waals surface area contributed by atoms with Gasteiger partial charge in [0, 0.05) is 18.5 Å². The lowest BCUT2D eigenvalue weighted by Gasteiger charge is -2.26. The fourth-order valence-corrected chi connectivity index (χ4v) is 4.89. The molecule has 2 saturated carbocycles. The largest absolute Gasteiger partial charge is 0.339 e. The van der Waals surface area contributed by atoms with Crippen molar-refractivity contribution in [2.24, 2.45) is 17.4 Å². The van der Waals surface area contributed by atoms with Crippen molar-refractivity contribution in [2.45, 2.75) is 48.6 Å². The summed E-state index contributed by atoms with van der Waals surface area (Å²) in [5.41, 5.74) is 9.89. The molecule has 0 aromatic heterocycles. The maximum Gasteiger partial charge on any atom is 0.259 e. The second-order valence-electron chi connectivity index (χ2n) is 7.44. The Morgan fingerprint density at radius 1 is 1.30 bits per heavy atom. The molecule has 150 valence electrons. The summed E-state index contributed by atoms with van der Waals surface area (Å²) in [5, 5.41) is 2.09. The van der Waals surface area contributed by atoms with Gasteiger partial charge in [0.1, 0.15) is 11.6 Å². The molecule has 6 N–H and O–H groups in total. The Bertz CT molecular complexity index is 780. The molecular formula is C16H25N5O5S. The smallest absolute Gasteiger partial charge is 0.259 e. The van der Waals surface area contributed by atoms with E-state index in [2.05, 4.69) is 16.6 Å². The normalized spacial score (nSPS) is 32.7. The molecule has 1 saturated heterocycles. The molecule has 1 aliphatic heterocycles. The molecule has 0 spiro atoms. The van der Waals surface area contributed by atoms with Gasteiger partial charge in [-0.15, -0.1) is 6.58 Å². The lowest BCUT2D eigenvalue weighted by Crippen LogP contribution is -2.57. The standard InChI is InChI=1S/C16H25N5O5S/c1-2-9-6-16(9,15(24)20-27(25,26)11-3-4-11)19-14(23)12-5-10(18)8-21(12)13(22)7-17/h2,9-12H,1,3-8,17-18H2,(H,19,23)(H,20,24)/t9-,10-,12+,16-/m1/s1. The molecule has 27 heavy (non-hydrogen) atoms. The van der Waals surface area contributed by atoms with Crippen LogP contribution in [0.2, 0.25) is 0 Å². The minimum atomic E-state index is -3.74. The van der Waals surface area contributed by atoms with Crippen molar-refractivity contribution < 1.29 is 22.8 Å². The third-order valence-corrected chi connectivity index (χ3v) is 7.20. The number of carbonyl (C=O) groups excluding carboxylic acids is 3. The van der Waals surface area contributed by atoms with Crippen LogP contribution in [0.5, 0.6) is 0 Å². The Morgan fingerprint density at radius 2 is 1.96 bits per heavy atom. The van der Waals surface area contributed by atoms with Crippen LogP contribution in [0.4, 0.5) is 0 Å². The monoisotopic (exact) mass is 399 g/mol. The Labute approximate surface area is 157 Å². The number of nitrogens with one attached hydrogen (secondary N) is 2. The first-order chi connectivity index (χ1) is 12.6. The Kier molecular flexibility index (Phi) is 5.04. The van der Waals surface area contributed by atoms with Gasteiger partial charge in [-0.1, -0.05) is 6.08 Å². The SMILES string of the molecule is C=C[C@@H]1C[C@]1(NC(=O)[C@@H]1C[C@@H](N)CN1C(=O)CN)C(=O)NS(=O)(=O)C1CC1. The lowest BCUT2D eigenvalue weighted by atomic mass is 10.1. The molecule has 11 heteroatoms. The fourth-order valence-electron chi connectivity index (χ4n) is 3.53. The number of hydrogen-bond acceptors (Lipinski definition) is 7. The van der Waals surface area contributed by atoms with E-state index in [0.717, 1.165) is 0 Å². The van der Waals surface area contributed by atoms with Gasteiger partial charge >= 0.3 is 0 Å². The first-order valence-electron chi connectivity index (χ1n) is 8.90. The molecule has 0 unspecified atom stereocenters. The van der Waals surface area contributed by atoms with E-state index < -0.39 is 44.6 Å². The molecular weight excluding hydrogens is 374 g/mol. The highest BCUT2D eigenvalue weighted by atomic mass is 32.2. The predicted octanol–water partition coefficient (Wildman–Crippen LogP) is -2.46. The van der Waals surface area contributed by atoms with Crippen molar-refractivity contribution in [3.8, 4) is 0 Å². The average Bonchev–Trinajstić information content (AvgIpc) is 3.51. The van der Waals surface area contributed by atoms with Gasteiger partial charge < -0.3 is 21.7 Å². The van der Waals surface area contributed by atoms with Crippen molar-refractivity contribution in [3.05, 3.63) is 12.7 Å². The number of likely N-dealkylation sites (tertiary alicyclic amines) is 1. The minimum absolute atomic E-state index is 0.203. The minimum Gasteiger partial charge on any atom is -0.339 e. The van der Waals surface area contributed by atoms with Gasteiger partial charge in [0.15, 0.2) is 0 Å². The van der Waals surface area contributed by atoms with E-state index in [4.69, 9.17) is 11.5 Å². The van der Waals surface area contributed by atoms with E-state index in [1.165, 1.54) is 11.0 Å². The molecule has 0 radical (unpaired) electrons. The van der Waals surface area contributed by atoms with Crippen LogP contribution in [0, 0.1) is 5.92 Å². The van der Waals surface area contributed by atoms with E-state index in [0.29, 0.717) is 12.8 Å². The molecule has 0 aromatic rings. The molecule has 1 heterocycles. The zero-order valence-corrected chi connectivity index (χ0v) is 15.7. The number of nitrogens with two attached hydrogens (primary N) is 2. The molecule has 3 rings (SSSR count). The number of carbonyl (C=O) groups is 3. The average molecular weight is 399 g/mol. The van der Waals surface area contributed by atoms with Gasteiger partial charge in [-0.25, -0.2) is 8.42 Å². The van der Waals surface area contributed by atoms with Crippen LogP contribution in [-0.4, -0.2) is 67.0 Å². The molecule has 3 amide bonds.